The van der Waals surface area contributed by atoms with Crippen molar-refractivity contribution >= 4 is 22.7 Å². The normalized spacial score (nSPS) is 21.6. The Bertz CT molecular complexity index is 1100. The minimum Gasteiger partial charge on any atom is -0.496 e. The predicted molar refractivity (Wildman–Crippen MR) is 105 cm³/mol. The number of methoxy groups -OCH3 is 1. The SMILES string of the molecule is COc1ccccc1[C@@H]1c2[nH]c3ccccc3c2C[C@H]2C(=O)N(C)CC(=O)N12. The van der Waals surface area contributed by atoms with E-state index in [1.54, 1.807) is 19.1 Å². The number of hydrogen-bond acceptors (Lipinski definition) is 3. The smallest absolute Gasteiger partial charge is 0.245 e. The Kier molecular flexibility index (Phi) is 3.69. The van der Waals surface area contributed by atoms with Gasteiger partial charge in [0.1, 0.15) is 17.8 Å². The summed E-state index contributed by atoms with van der Waals surface area (Å²) in [5.74, 6) is 0.639. The molecule has 1 aromatic heterocycles. The van der Waals surface area contributed by atoms with Crippen LogP contribution in [0.3, 0.4) is 0 Å². The first kappa shape index (κ1) is 16.9. The second-order valence-corrected chi connectivity index (χ2v) is 7.42. The number of carbonyl (C=O) groups excluding carboxylic acids is 2. The standard InChI is InChI=1S/C22H21N3O3/c1-24-12-19(26)25-17(22(24)27)11-15-13-7-3-5-9-16(13)23-20(15)21(25)14-8-4-6-10-18(14)28-2/h3-10,17,21,23H,11-12H2,1-2H3/t17-,21+/m0/s1. The van der Waals surface area contributed by atoms with Gasteiger partial charge in [0.15, 0.2) is 0 Å². The van der Waals surface area contributed by atoms with Gasteiger partial charge in [-0.25, -0.2) is 0 Å². The molecule has 1 saturated heterocycles. The molecule has 0 spiro atoms. The molecule has 1 fully saturated rings. The summed E-state index contributed by atoms with van der Waals surface area (Å²) in [6, 6.07) is 14.9. The van der Waals surface area contributed by atoms with E-state index in [2.05, 4.69) is 11.1 Å². The average Bonchev–Trinajstić information content (AvgIpc) is 3.09. The molecule has 6 nitrogen and oxygen atoms in total. The zero-order valence-electron chi connectivity index (χ0n) is 15.8. The Balaban J connectivity index is 1.79. The van der Waals surface area contributed by atoms with E-state index >= 15 is 0 Å². The minimum atomic E-state index is -0.507. The second-order valence-electron chi connectivity index (χ2n) is 7.42. The molecule has 5 rings (SSSR count). The van der Waals surface area contributed by atoms with Gasteiger partial charge in [0.05, 0.1) is 13.7 Å². The third-order valence-electron chi connectivity index (χ3n) is 5.89. The Morgan fingerprint density at radius 2 is 1.82 bits per heavy atom. The van der Waals surface area contributed by atoms with Crippen molar-refractivity contribution in [2.45, 2.75) is 18.5 Å². The Hall–Kier alpha value is -3.28. The summed E-state index contributed by atoms with van der Waals surface area (Å²) < 4.78 is 5.60. The summed E-state index contributed by atoms with van der Waals surface area (Å²) in [6.07, 6.45) is 0.514. The fraction of sp³-hybridized carbons (Fsp3) is 0.273. The third-order valence-corrected chi connectivity index (χ3v) is 5.89. The second kappa shape index (κ2) is 6.12. The van der Waals surface area contributed by atoms with E-state index in [4.69, 9.17) is 4.74 Å². The van der Waals surface area contributed by atoms with Crippen LogP contribution in [0.5, 0.6) is 5.75 Å². The Morgan fingerprint density at radius 1 is 1.07 bits per heavy atom. The highest BCUT2D eigenvalue weighted by Crippen LogP contribution is 2.44. The highest BCUT2D eigenvalue weighted by atomic mass is 16.5. The van der Waals surface area contributed by atoms with Crippen molar-refractivity contribution in [3.63, 3.8) is 0 Å². The summed E-state index contributed by atoms with van der Waals surface area (Å²) in [5, 5.41) is 1.10. The molecule has 6 heteroatoms. The van der Waals surface area contributed by atoms with E-state index in [1.807, 2.05) is 42.5 Å². The van der Waals surface area contributed by atoms with Gasteiger partial charge >= 0.3 is 0 Å². The monoisotopic (exact) mass is 375 g/mol. The van der Waals surface area contributed by atoms with E-state index in [0.717, 1.165) is 27.7 Å². The van der Waals surface area contributed by atoms with E-state index in [9.17, 15) is 9.59 Å². The van der Waals surface area contributed by atoms with Crippen molar-refractivity contribution in [3.05, 3.63) is 65.4 Å². The predicted octanol–water partition coefficient (Wildman–Crippen LogP) is 2.49. The number of para-hydroxylation sites is 2. The lowest BCUT2D eigenvalue weighted by molar-refractivity contribution is -0.157. The molecule has 0 unspecified atom stereocenters. The highest BCUT2D eigenvalue weighted by molar-refractivity contribution is 5.97. The van der Waals surface area contributed by atoms with Crippen molar-refractivity contribution in [3.8, 4) is 5.75 Å². The van der Waals surface area contributed by atoms with Crippen LogP contribution in [0.25, 0.3) is 10.9 Å². The van der Waals surface area contributed by atoms with Crippen LogP contribution in [-0.4, -0.2) is 53.3 Å². The lowest BCUT2D eigenvalue weighted by atomic mass is 9.86. The first-order valence-electron chi connectivity index (χ1n) is 9.38. The van der Waals surface area contributed by atoms with Crippen molar-refractivity contribution in [1.82, 2.24) is 14.8 Å². The number of aromatic nitrogens is 1. The molecule has 0 radical (unpaired) electrons. The summed E-state index contributed by atoms with van der Waals surface area (Å²) in [5.41, 5.74) is 3.96. The molecule has 142 valence electrons. The largest absolute Gasteiger partial charge is 0.496 e. The van der Waals surface area contributed by atoms with E-state index in [0.29, 0.717) is 12.2 Å². The van der Waals surface area contributed by atoms with Gasteiger partial charge in [0.25, 0.3) is 0 Å². The molecule has 2 aromatic carbocycles. The van der Waals surface area contributed by atoms with Gasteiger partial charge in [-0.2, -0.15) is 0 Å². The molecule has 0 aliphatic carbocycles. The Labute approximate surface area is 162 Å². The maximum atomic E-state index is 13.1. The molecule has 3 aromatic rings. The Morgan fingerprint density at radius 3 is 2.64 bits per heavy atom. The zero-order chi connectivity index (χ0) is 19.4. The van der Waals surface area contributed by atoms with Crippen LogP contribution in [0.1, 0.15) is 22.9 Å². The van der Waals surface area contributed by atoms with Gasteiger partial charge in [-0.15, -0.1) is 0 Å². The molecular formula is C22H21N3O3. The van der Waals surface area contributed by atoms with E-state index < -0.39 is 6.04 Å². The number of H-pyrrole nitrogens is 1. The number of likely N-dealkylation sites (N-methyl/N-ethyl adjacent to an activating group) is 1. The van der Waals surface area contributed by atoms with Gasteiger partial charge in [-0.05, 0) is 17.7 Å². The van der Waals surface area contributed by atoms with Crippen molar-refractivity contribution in [2.24, 2.45) is 0 Å². The summed E-state index contributed by atoms with van der Waals surface area (Å²) in [7, 11) is 3.32. The van der Waals surface area contributed by atoms with Crippen LogP contribution in [0.15, 0.2) is 48.5 Å². The lowest BCUT2D eigenvalue weighted by Gasteiger charge is -2.46. The number of aromatic amines is 1. The maximum absolute atomic E-state index is 13.1. The average molecular weight is 375 g/mol. The summed E-state index contributed by atoms with van der Waals surface area (Å²) in [4.78, 5) is 32.9. The van der Waals surface area contributed by atoms with Crippen LogP contribution in [0, 0.1) is 0 Å². The first-order valence-corrected chi connectivity index (χ1v) is 9.38. The van der Waals surface area contributed by atoms with E-state index in [1.165, 1.54) is 4.90 Å². The zero-order valence-corrected chi connectivity index (χ0v) is 15.8. The number of hydrogen-bond donors (Lipinski definition) is 1. The van der Waals surface area contributed by atoms with E-state index in [-0.39, 0.29) is 24.4 Å². The van der Waals surface area contributed by atoms with Gasteiger partial charge in [-0.3, -0.25) is 9.59 Å². The maximum Gasteiger partial charge on any atom is 0.245 e. The fourth-order valence-electron chi connectivity index (χ4n) is 4.62. The molecule has 2 atom stereocenters. The topological polar surface area (TPSA) is 65.6 Å². The van der Waals surface area contributed by atoms with Crippen LogP contribution in [0.2, 0.25) is 0 Å². The molecular weight excluding hydrogens is 354 g/mol. The molecule has 2 aliphatic rings. The van der Waals surface area contributed by atoms with Crippen molar-refractivity contribution < 1.29 is 14.3 Å². The summed E-state index contributed by atoms with van der Waals surface area (Å²) in [6.45, 7) is 0.0938. The molecule has 2 amide bonds. The molecule has 2 aliphatic heterocycles. The molecule has 3 heterocycles. The molecule has 0 saturated carbocycles. The molecule has 28 heavy (non-hydrogen) atoms. The number of rotatable bonds is 2. The van der Waals surface area contributed by atoms with Gasteiger partial charge in [0, 0.05) is 35.6 Å². The molecule has 0 bridgehead atoms. The lowest BCUT2D eigenvalue weighted by Crippen LogP contribution is -2.62. The van der Waals surface area contributed by atoms with Crippen LogP contribution >= 0.6 is 0 Å². The number of ether oxygens (including phenoxy) is 1. The number of nitrogens with zero attached hydrogens (tertiary/aromatic N) is 2. The van der Waals surface area contributed by atoms with Crippen LogP contribution < -0.4 is 4.74 Å². The number of nitrogens with one attached hydrogen (secondary N) is 1. The van der Waals surface area contributed by atoms with Crippen molar-refractivity contribution in [2.75, 3.05) is 20.7 Å². The quantitative estimate of drug-likeness (QED) is 0.748. The van der Waals surface area contributed by atoms with Gasteiger partial charge in [0.2, 0.25) is 11.8 Å². The first-order chi connectivity index (χ1) is 13.6. The van der Waals surface area contributed by atoms with Crippen LogP contribution in [0.4, 0.5) is 0 Å². The van der Waals surface area contributed by atoms with Crippen molar-refractivity contribution in [1.29, 1.82) is 0 Å². The highest BCUT2D eigenvalue weighted by Gasteiger charge is 2.47. The number of piperazine rings is 1. The minimum absolute atomic E-state index is 0.0181. The summed E-state index contributed by atoms with van der Waals surface area (Å²) >= 11 is 0. The number of amides is 2. The number of carbonyl (C=O) groups is 2. The fourth-order valence-corrected chi connectivity index (χ4v) is 4.62. The van der Waals surface area contributed by atoms with Gasteiger partial charge < -0.3 is 19.5 Å². The third kappa shape index (κ3) is 2.27. The molecule has 1 N–H and O–H groups in total. The van der Waals surface area contributed by atoms with Gasteiger partial charge in [-0.1, -0.05) is 36.4 Å². The van der Waals surface area contributed by atoms with Crippen LogP contribution in [-0.2, 0) is 16.0 Å². The number of benzene rings is 2. The number of fused-ring (bicyclic) bond motifs is 4.